The van der Waals surface area contributed by atoms with Gasteiger partial charge in [0, 0.05) is 47.0 Å². The Bertz CT molecular complexity index is 1390. The van der Waals surface area contributed by atoms with Gasteiger partial charge in [0.2, 0.25) is 10.9 Å². The maximum atomic E-state index is 12.1. The van der Waals surface area contributed by atoms with Gasteiger partial charge < -0.3 is 15.7 Å². The van der Waals surface area contributed by atoms with Crippen molar-refractivity contribution in [1.82, 2.24) is 9.97 Å². The molecule has 2 aromatic carbocycles. The fourth-order valence-electron chi connectivity index (χ4n) is 3.83. The van der Waals surface area contributed by atoms with Crippen molar-refractivity contribution in [3.63, 3.8) is 0 Å². The summed E-state index contributed by atoms with van der Waals surface area (Å²) in [7, 11) is 0. The molecule has 3 N–H and O–H groups in total. The number of hydrogen-bond acceptors (Lipinski definition) is 7. The third-order valence-electron chi connectivity index (χ3n) is 5.50. The number of nitrogens with zero attached hydrogens (tertiary/aromatic N) is 2. The van der Waals surface area contributed by atoms with E-state index >= 15 is 0 Å². The van der Waals surface area contributed by atoms with Gasteiger partial charge in [-0.1, -0.05) is 32.9 Å². The number of pyridine rings is 2. The van der Waals surface area contributed by atoms with Crippen molar-refractivity contribution in [3.8, 4) is 0 Å². The van der Waals surface area contributed by atoms with Crippen molar-refractivity contribution in [2.45, 2.75) is 38.6 Å². The summed E-state index contributed by atoms with van der Waals surface area (Å²) in [6.45, 7) is 5.45. The summed E-state index contributed by atoms with van der Waals surface area (Å²) in [6.07, 6.45) is 5.33. The number of nitrogens with one attached hydrogen (secondary N) is 2. The zero-order chi connectivity index (χ0) is 23.8. The number of carbonyl (C=O) groups is 1. The number of aromatic nitrogens is 2. The molecule has 33 heavy (non-hydrogen) atoms. The lowest BCUT2D eigenvalue weighted by Gasteiger charge is -2.26. The van der Waals surface area contributed by atoms with E-state index in [9.17, 15) is 19.5 Å². The average molecular weight is 444 g/mol. The molecule has 2 heterocycles. The first-order chi connectivity index (χ1) is 15.6. The number of fused-ring (bicyclic) bond motifs is 1. The molecule has 2 aromatic heterocycles. The number of benzene rings is 1. The fraction of sp³-hybridized carbons (Fsp3) is 0.240. The van der Waals surface area contributed by atoms with Crippen LogP contribution < -0.4 is 21.5 Å². The zero-order valence-electron chi connectivity index (χ0n) is 18.5. The predicted molar refractivity (Wildman–Crippen MR) is 128 cm³/mol. The van der Waals surface area contributed by atoms with Crippen LogP contribution in [-0.4, -0.2) is 27.1 Å². The van der Waals surface area contributed by atoms with Gasteiger partial charge in [0.05, 0.1) is 5.69 Å². The summed E-state index contributed by atoms with van der Waals surface area (Å²) in [5, 5.41) is 17.7. The molecule has 1 atom stereocenters. The summed E-state index contributed by atoms with van der Waals surface area (Å²) < 4.78 is 0. The maximum absolute atomic E-state index is 12.1. The van der Waals surface area contributed by atoms with Crippen LogP contribution in [0.2, 0.25) is 0 Å². The van der Waals surface area contributed by atoms with Crippen molar-refractivity contribution in [3.05, 3.63) is 86.6 Å². The van der Waals surface area contributed by atoms with Crippen LogP contribution in [0.4, 0.5) is 17.2 Å². The van der Waals surface area contributed by atoms with Crippen molar-refractivity contribution in [2.24, 2.45) is 0 Å². The number of hydrogen-bond donors (Lipinski definition) is 3. The number of carboxylic acids is 1. The Morgan fingerprint density at radius 1 is 1.03 bits per heavy atom. The molecular formula is C25H24N4O4. The van der Waals surface area contributed by atoms with Crippen molar-refractivity contribution in [1.29, 1.82) is 0 Å². The quantitative estimate of drug-likeness (QED) is 0.371. The van der Waals surface area contributed by atoms with E-state index in [1.54, 1.807) is 18.6 Å². The normalized spacial score (nSPS) is 12.6. The summed E-state index contributed by atoms with van der Waals surface area (Å²) in [5.41, 5.74) is 0.256. The molecule has 0 radical (unpaired) electrons. The topological polar surface area (TPSA) is 121 Å². The van der Waals surface area contributed by atoms with Gasteiger partial charge in [-0.05, 0) is 35.2 Å². The van der Waals surface area contributed by atoms with Crippen LogP contribution in [0.5, 0.6) is 0 Å². The Morgan fingerprint density at radius 3 is 2.42 bits per heavy atom. The Labute approximate surface area is 190 Å². The Kier molecular flexibility index (Phi) is 5.68. The maximum Gasteiger partial charge on any atom is 0.326 e. The number of carboxylic acid groups (broad SMARTS) is 1. The van der Waals surface area contributed by atoms with Gasteiger partial charge in [-0.25, -0.2) is 9.78 Å². The predicted octanol–water partition coefficient (Wildman–Crippen LogP) is 3.37. The second-order valence-electron chi connectivity index (χ2n) is 8.98. The van der Waals surface area contributed by atoms with E-state index in [0.717, 1.165) is 22.0 Å². The highest BCUT2D eigenvalue weighted by molar-refractivity contribution is 5.92. The molecule has 8 nitrogen and oxygen atoms in total. The van der Waals surface area contributed by atoms with Gasteiger partial charge in [0.1, 0.15) is 11.9 Å². The van der Waals surface area contributed by atoms with Gasteiger partial charge in [-0.15, -0.1) is 0 Å². The van der Waals surface area contributed by atoms with Crippen LogP contribution >= 0.6 is 0 Å². The molecule has 8 heteroatoms. The van der Waals surface area contributed by atoms with Crippen LogP contribution in [0.1, 0.15) is 31.9 Å². The SMILES string of the molecule is CC(C)(C)c1c(N[C@@H](Cc2ccc(Nc3nccc4cnccc34)cc2)C(=O)O)c(=O)c1=O. The highest BCUT2D eigenvalue weighted by Crippen LogP contribution is 2.27. The molecule has 0 aliphatic heterocycles. The highest BCUT2D eigenvalue weighted by atomic mass is 16.4. The third-order valence-corrected chi connectivity index (χ3v) is 5.50. The molecule has 0 amide bonds. The summed E-state index contributed by atoms with van der Waals surface area (Å²) in [4.78, 5) is 44.4. The van der Waals surface area contributed by atoms with E-state index in [4.69, 9.17) is 0 Å². The minimum absolute atomic E-state index is 0.106. The Hall–Kier alpha value is -4.07. The Balaban J connectivity index is 1.51. The summed E-state index contributed by atoms with van der Waals surface area (Å²) >= 11 is 0. The first kappa shape index (κ1) is 22.1. The zero-order valence-corrected chi connectivity index (χ0v) is 18.5. The molecule has 0 unspecified atom stereocenters. The lowest BCUT2D eigenvalue weighted by Crippen LogP contribution is -2.46. The average Bonchev–Trinajstić information content (AvgIpc) is 2.78. The number of rotatable bonds is 7. The first-order valence-electron chi connectivity index (χ1n) is 10.5. The van der Waals surface area contributed by atoms with Crippen LogP contribution in [0.25, 0.3) is 10.8 Å². The molecule has 0 saturated carbocycles. The van der Waals surface area contributed by atoms with Crippen molar-refractivity contribution in [2.75, 3.05) is 10.6 Å². The second kappa shape index (κ2) is 8.46. The van der Waals surface area contributed by atoms with Crippen LogP contribution in [0.15, 0.2) is 64.6 Å². The fourth-order valence-corrected chi connectivity index (χ4v) is 3.83. The van der Waals surface area contributed by atoms with E-state index in [-0.39, 0.29) is 12.1 Å². The molecule has 4 rings (SSSR count). The highest BCUT2D eigenvalue weighted by Gasteiger charge is 2.32. The van der Waals surface area contributed by atoms with Gasteiger partial charge in [-0.3, -0.25) is 14.6 Å². The molecule has 0 spiro atoms. The van der Waals surface area contributed by atoms with E-state index in [1.165, 1.54) is 0 Å². The lowest BCUT2D eigenvalue weighted by molar-refractivity contribution is -0.137. The van der Waals surface area contributed by atoms with Crippen LogP contribution in [0, 0.1) is 0 Å². The van der Waals surface area contributed by atoms with Gasteiger partial charge in [0.15, 0.2) is 0 Å². The molecule has 0 fully saturated rings. The van der Waals surface area contributed by atoms with Crippen molar-refractivity contribution < 1.29 is 9.90 Å². The van der Waals surface area contributed by atoms with Crippen molar-refractivity contribution >= 4 is 33.9 Å². The standard InChI is InChI=1S/C25H24N4O4/c1-25(2,3)19-20(22(31)21(19)30)29-18(24(32)33)12-14-4-6-16(7-5-14)28-23-17-9-10-26-13-15(17)8-11-27-23/h4-11,13,18,29H,12H2,1-3H3,(H,27,28)(H,32,33)/t18-/m0/s1. The van der Waals surface area contributed by atoms with E-state index in [0.29, 0.717) is 11.4 Å². The Morgan fingerprint density at radius 2 is 1.76 bits per heavy atom. The minimum atomic E-state index is -1.10. The molecule has 0 aliphatic carbocycles. The smallest absolute Gasteiger partial charge is 0.326 e. The summed E-state index contributed by atoms with van der Waals surface area (Å²) in [5.74, 6) is -0.402. The second-order valence-corrected chi connectivity index (χ2v) is 8.98. The molecule has 4 aromatic rings. The summed E-state index contributed by atoms with van der Waals surface area (Å²) in [6, 6.07) is 10.0. The van der Waals surface area contributed by atoms with Crippen LogP contribution in [0.3, 0.4) is 0 Å². The third kappa shape index (κ3) is 4.45. The van der Waals surface area contributed by atoms with E-state index in [1.807, 2.05) is 57.2 Å². The molecule has 168 valence electrons. The number of aliphatic carboxylic acids is 1. The monoisotopic (exact) mass is 444 g/mol. The molecule has 0 aliphatic rings. The van der Waals surface area contributed by atoms with Crippen LogP contribution in [-0.2, 0) is 16.6 Å². The van der Waals surface area contributed by atoms with Gasteiger partial charge >= 0.3 is 5.97 Å². The molecule has 0 saturated heterocycles. The van der Waals surface area contributed by atoms with E-state index in [2.05, 4.69) is 20.6 Å². The molecular weight excluding hydrogens is 420 g/mol. The van der Waals surface area contributed by atoms with Gasteiger partial charge in [0.25, 0.3) is 0 Å². The largest absolute Gasteiger partial charge is 0.480 e. The number of anilines is 3. The molecule has 0 bridgehead atoms. The first-order valence-corrected chi connectivity index (χ1v) is 10.5. The van der Waals surface area contributed by atoms with E-state index < -0.39 is 28.3 Å². The minimum Gasteiger partial charge on any atom is -0.480 e. The van der Waals surface area contributed by atoms with Gasteiger partial charge in [-0.2, -0.15) is 0 Å². The lowest BCUT2D eigenvalue weighted by atomic mass is 9.82.